The van der Waals surface area contributed by atoms with Gasteiger partial charge in [-0.1, -0.05) is 0 Å². The van der Waals surface area contributed by atoms with Crippen molar-refractivity contribution in [1.82, 2.24) is 9.97 Å². The van der Waals surface area contributed by atoms with Gasteiger partial charge in [0.2, 0.25) is 0 Å². The lowest BCUT2D eigenvalue weighted by Crippen LogP contribution is -2.10. The van der Waals surface area contributed by atoms with Crippen LogP contribution in [0.4, 0.5) is 5.82 Å². The van der Waals surface area contributed by atoms with Gasteiger partial charge in [0.15, 0.2) is 17.3 Å². The molecule has 1 fully saturated rings. The highest BCUT2D eigenvalue weighted by Crippen LogP contribution is 2.40. The fourth-order valence-corrected chi connectivity index (χ4v) is 2.09. The molecule has 0 bridgehead atoms. The summed E-state index contributed by atoms with van der Waals surface area (Å²) in [6.45, 7) is 0. The highest BCUT2D eigenvalue weighted by atomic mass is 16.5. The number of benzene rings is 1. The Hall–Kier alpha value is -2.34. The van der Waals surface area contributed by atoms with Crippen molar-refractivity contribution in [2.75, 3.05) is 12.5 Å². The monoisotopic (exact) mass is 272 g/mol. The SMILES string of the molecule is COc1ccc(-c2nc(NN)cc(C3CC3)n2)cc1O. The van der Waals surface area contributed by atoms with E-state index in [0.29, 0.717) is 23.3 Å². The van der Waals surface area contributed by atoms with Gasteiger partial charge in [0.25, 0.3) is 0 Å². The van der Waals surface area contributed by atoms with Crippen LogP contribution in [0.2, 0.25) is 0 Å². The van der Waals surface area contributed by atoms with Gasteiger partial charge in [-0.2, -0.15) is 0 Å². The number of nitrogen functional groups attached to an aromatic ring is 1. The molecule has 0 atom stereocenters. The number of hydrazine groups is 1. The van der Waals surface area contributed by atoms with Crippen molar-refractivity contribution >= 4 is 5.82 Å². The maximum atomic E-state index is 9.85. The molecule has 1 saturated carbocycles. The first-order valence-corrected chi connectivity index (χ1v) is 6.44. The number of anilines is 1. The molecule has 0 radical (unpaired) electrons. The molecule has 1 aliphatic rings. The number of aromatic hydroxyl groups is 1. The molecule has 0 saturated heterocycles. The Morgan fingerprint density at radius 1 is 1.30 bits per heavy atom. The maximum Gasteiger partial charge on any atom is 0.161 e. The number of rotatable bonds is 4. The number of hydrogen-bond donors (Lipinski definition) is 3. The van der Waals surface area contributed by atoms with Crippen LogP contribution in [-0.4, -0.2) is 22.2 Å². The number of hydrogen-bond acceptors (Lipinski definition) is 6. The largest absolute Gasteiger partial charge is 0.504 e. The molecular formula is C14H16N4O2. The van der Waals surface area contributed by atoms with Gasteiger partial charge in [0, 0.05) is 23.2 Å². The van der Waals surface area contributed by atoms with Crippen molar-refractivity contribution in [3.05, 3.63) is 30.0 Å². The van der Waals surface area contributed by atoms with Gasteiger partial charge < -0.3 is 15.3 Å². The number of phenolic OH excluding ortho intramolecular Hbond substituents is 1. The minimum absolute atomic E-state index is 0.0627. The van der Waals surface area contributed by atoms with Crippen molar-refractivity contribution in [2.24, 2.45) is 5.84 Å². The van der Waals surface area contributed by atoms with Crippen LogP contribution in [0.3, 0.4) is 0 Å². The van der Waals surface area contributed by atoms with Gasteiger partial charge in [-0.25, -0.2) is 15.8 Å². The van der Waals surface area contributed by atoms with E-state index in [0.717, 1.165) is 24.1 Å². The Balaban J connectivity index is 2.04. The predicted molar refractivity (Wildman–Crippen MR) is 75.5 cm³/mol. The third-order valence-electron chi connectivity index (χ3n) is 3.33. The summed E-state index contributed by atoms with van der Waals surface area (Å²) in [5.74, 6) is 7.55. The van der Waals surface area contributed by atoms with Crippen molar-refractivity contribution in [3.8, 4) is 22.9 Å². The molecule has 3 rings (SSSR count). The standard InChI is InChI=1S/C14H16N4O2/c1-20-12-5-4-9(6-11(12)19)14-16-10(8-2-3-8)7-13(17-14)18-15/h4-8,19H,2-3,15H2,1H3,(H,16,17,18). The van der Waals surface area contributed by atoms with Crippen molar-refractivity contribution < 1.29 is 9.84 Å². The lowest BCUT2D eigenvalue weighted by atomic mass is 10.1. The molecule has 4 N–H and O–H groups in total. The number of ether oxygens (including phenoxy) is 1. The summed E-state index contributed by atoms with van der Waals surface area (Å²) in [5, 5.41) is 9.85. The third kappa shape index (κ3) is 2.37. The number of nitrogens with two attached hydrogens (primary N) is 1. The number of nitrogens with zero attached hydrogens (tertiary/aromatic N) is 2. The summed E-state index contributed by atoms with van der Waals surface area (Å²) in [5.41, 5.74) is 4.27. The van der Waals surface area contributed by atoms with Gasteiger partial charge >= 0.3 is 0 Å². The molecule has 1 aromatic carbocycles. The molecule has 0 spiro atoms. The number of aromatic nitrogens is 2. The van der Waals surface area contributed by atoms with Crippen molar-refractivity contribution in [1.29, 1.82) is 0 Å². The molecule has 0 aliphatic heterocycles. The average molecular weight is 272 g/mol. The topological polar surface area (TPSA) is 93.3 Å². The first-order valence-electron chi connectivity index (χ1n) is 6.44. The maximum absolute atomic E-state index is 9.85. The minimum atomic E-state index is 0.0627. The Morgan fingerprint density at radius 2 is 2.10 bits per heavy atom. The Bertz CT molecular complexity index is 641. The lowest BCUT2D eigenvalue weighted by Gasteiger charge is -2.09. The van der Waals surface area contributed by atoms with Crippen LogP contribution in [0.5, 0.6) is 11.5 Å². The molecule has 20 heavy (non-hydrogen) atoms. The van der Waals surface area contributed by atoms with E-state index in [1.54, 1.807) is 12.1 Å². The highest BCUT2D eigenvalue weighted by Gasteiger charge is 2.26. The van der Waals surface area contributed by atoms with Gasteiger partial charge in [-0.15, -0.1) is 0 Å². The van der Waals surface area contributed by atoms with Crippen molar-refractivity contribution in [3.63, 3.8) is 0 Å². The molecule has 6 heteroatoms. The Morgan fingerprint density at radius 3 is 2.70 bits per heavy atom. The van der Waals surface area contributed by atoms with E-state index in [4.69, 9.17) is 10.6 Å². The van der Waals surface area contributed by atoms with Crippen LogP contribution in [0.25, 0.3) is 11.4 Å². The quantitative estimate of drug-likeness (QED) is 0.582. The molecule has 1 aliphatic carbocycles. The smallest absolute Gasteiger partial charge is 0.161 e. The summed E-state index contributed by atoms with van der Waals surface area (Å²) in [4.78, 5) is 8.88. The molecule has 0 amide bonds. The summed E-state index contributed by atoms with van der Waals surface area (Å²) < 4.78 is 5.03. The fourth-order valence-electron chi connectivity index (χ4n) is 2.09. The molecule has 1 aromatic heterocycles. The first kappa shape index (κ1) is 12.7. The lowest BCUT2D eigenvalue weighted by molar-refractivity contribution is 0.373. The summed E-state index contributed by atoms with van der Waals surface area (Å²) >= 11 is 0. The zero-order chi connectivity index (χ0) is 14.1. The van der Waals surface area contributed by atoms with Gasteiger partial charge in [-0.05, 0) is 31.0 Å². The second-order valence-corrected chi connectivity index (χ2v) is 4.81. The van der Waals surface area contributed by atoms with E-state index < -0.39 is 0 Å². The van der Waals surface area contributed by atoms with Crippen molar-refractivity contribution in [2.45, 2.75) is 18.8 Å². The Kier molecular flexibility index (Phi) is 3.15. The molecule has 0 unspecified atom stereocenters. The minimum Gasteiger partial charge on any atom is -0.504 e. The fraction of sp³-hybridized carbons (Fsp3) is 0.286. The van der Waals surface area contributed by atoms with E-state index >= 15 is 0 Å². The van der Waals surface area contributed by atoms with E-state index in [2.05, 4.69) is 15.4 Å². The van der Waals surface area contributed by atoms with Gasteiger partial charge in [0.05, 0.1) is 7.11 Å². The highest BCUT2D eigenvalue weighted by molar-refractivity contribution is 5.62. The summed E-state index contributed by atoms with van der Waals surface area (Å²) in [6, 6.07) is 6.95. The van der Waals surface area contributed by atoms with Crippen LogP contribution in [-0.2, 0) is 0 Å². The zero-order valence-corrected chi connectivity index (χ0v) is 11.1. The summed E-state index contributed by atoms with van der Waals surface area (Å²) in [6.07, 6.45) is 2.29. The number of nitrogens with one attached hydrogen (secondary N) is 1. The van der Waals surface area contributed by atoms with E-state index in [-0.39, 0.29) is 5.75 Å². The van der Waals surface area contributed by atoms with Crippen LogP contribution < -0.4 is 16.0 Å². The van der Waals surface area contributed by atoms with Gasteiger partial charge in [0.1, 0.15) is 5.82 Å². The van der Waals surface area contributed by atoms with E-state index in [9.17, 15) is 5.11 Å². The van der Waals surface area contributed by atoms with Crippen LogP contribution in [0.15, 0.2) is 24.3 Å². The molecule has 1 heterocycles. The summed E-state index contributed by atoms with van der Waals surface area (Å²) in [7, 11) is 1.51. The van der Waals surface area contributed by atoms with Crippen LogP contribution >= 0.6 is 0 Å². The second kappa shape index (κ2) is 4.97. The van der Waals surface area contributed by atoms with Crippen LogP contribution in [0, 0.1) is 0 Å². The number of methoxy groups -OCH3 is 1. The molecular weight excluding hydrogens is 256 g/mol. The predicted octanol–water partition coefficient (Wildman–Crippen LogP) is 2.02. The number of phenols is 1. The Labute approximate surface area is 116 Å². The average Bonchev–Trinajstić information content (AvgIpc) is 3.31. The first-order chi connectivity index (χ1) is 9.71. The van der Waals surface area contributed by atoms with E-state index in [1.165, 1.54) is 7.11 Å². The third-order valence-corrected chi connectivity index (χ3v) is 3.33. The molecule has 104 valence electrons. The van der Waals surface area contributed by atoms with Crippen LogP contribution in [0.1, 0.15) is 24.5 Å². The van der Waals surface area contributed by atoms with E-state index in [1.807, 2.05) is 12.1 Å². The molecule has 6 nitrogen and oxygen atoms in total. The second-order valence-electron chi connectivity index (χ2n) is 4.81. The normalized spacial score (nSPS) is 14.1. The molecule has 2 aromatic rings. The zero-order valence-electron chi connectivity index (χ0n) is 11.1. The van der Waals surface area contributed by atoms with Gasteiger partial charge in [-0.3, -0.25) is 0 Å².